The van der Waals surface area contributed by atoms with Gasteiger partial charge in [-0.2, -0.15) is 0 Å². The Balaban J connectivity index is 1.77. The lowest BCUT2D eigenvalue weighted by atomic mass is 10.1. The number of likely N-dealkylation sites (tertiary alicyclic amines) is 1. The second-order valence-electron chi connectivity index (χ2n) is 5.12. The zero-order valence-electron chi connectivity index (χ0n) is 11.5. The molecular weight excluding hydrogens is 342 g/mol. The van der Waals surface area contributed by atoms with Gasteiger partial charge in [0.25, 0.3) is 0 Å². The van der Waals surface area contributed by atoms with Crippen LogP contribution in [-0.2, 0) is 0 Å². The first-order chi connectivity index (χ1) is 9.70. The third-order valence-electron chi connectivity index (χ3n) is 3.72. The lowest BCUT2D eigenvalue weighted by Gasteiger charge is -2.24. The Labute approximate surface area is 134 Å². The molecule has 1 fully saturated rings. The topological polar surface area (TPSA) is 32.7 Å². The van der Waals surface area contributed by atoms with Gasteiger partial charge in [0.15, 0.2) is 0 Å². The number of aliphatic hydroxyl groups excluding tert-OH is 1. The number of aliphatic hydroxyl groups is 1. The highest BCUT2D eigenvalue weighted by Crippen LogP contribution is 2.28. The Hall–Kier alpha value is -0.290. The van der Waals surface area contributed by atoms with E-state index in [0.29, 0.717) is 24.3 Å². The Morgan fingerprint density at radius 3 is 3.05 bits per heavy atom. The van der Waals surface area contributed by atoms with E-state index in [2.05, 4.69) is 20.8 Å². The number of nitrogens with zero attached hydrogens (tertiary/aromatic N) is 1. The molecule has 0 saturated carbocycles. The molecule has 20 heavy (non-hydrogen) atoms. The molecular formula is C15H21BrClNO2. The van der Waals surface area contributed by atoms with E-state index in [1.807, 2.05) is 18.2 Å². The summed E-state index contributed by atoms with van der Waals surface area (Å²) in [6.45, 7) is 3.04. The molecule has 5 heteroatoms. The van der Waals surface area contributed by atoms with Crippen LogP contribution in [0.2, 0.25) is 5.02 Å². The Morgan fingerprint density at radius 2 is 2.30 bits per heavy atom. The number of ether oxygens (including phenoxy) is 1. The monoisotopic (exact) mass is 361 g/mol. The zero-order valence-corrected chi connectivity index (χ0v) is 13.9. The quantitative estimate of drug-likeness (QED) is 0.802. The van der Waals surface area contributed by atoms with Gasteiger partial charge in [-0.3, -0.25) is 4.90 Å². The van der Waals surface area contributed by atoms with E-state index < -0.39 is 0 Å². The van der Waals surface area contributed by atoms with Gasteiger partial charge >= 0.3 is 0 Å². The number of benzene rings is 1. The minimum absolute atomic E-state index is 0.290. The molecule has 0 amide bonds. The van der Waals surface area contributed by atoms with Crippen molar-refractivity contribution in [2.75, 3.05) is 26.3 Å². The number of hydrogen-bond acceptors (Lipinski definition) is 3. The first kappa shape index (κ1) is 16.1. The Kier molecular flexibility index (Phi) is 6.62. The maximum Gasteiger partial charge on any atom is 0.133 e. The largest absolute Gasteiger partial charge is 0.491 e. The molecule has 0 aliphatic carbocycles. The molecule has 0 bridgehead atoms. The van der Waals surface area contributed by atoms with Crippen molar-refractivity contribution in [1.29, 1.82) is 0 Å². The summed E-state index contributed by atoms with van der Waals surface area (Å²) < 4.78 is 6.70. The first-order valence-corrected chi connectivity index (χ1v) is 8.30. The normalized spacial score (nSPS) is 19.4. The fraction of sp³-hybridized carbons (Fsp3) is 0.600. The van der Waals surface area contributed by atoms with E-state index in [1.165, 1.54) is 12.8 Å². The molecule has 0 aromatic heterocycles. The highest BCUT2D eigenvalue weighted by atomic mass is 79.9. The summed E-state index contributed by atoms with van der Waals surface area (Å²) in [4.78, 5) is 2.47. The smallest absolute Gasteiger partial charge is 0.133 e. The minimum Gasteiger partial charge on any atom is -0.491 e. The summed E-state index contributed by atoms with van der Waals surface area (Å²) in [7, 11) is 0. The molecule has 0 radical (unpaired) electrons. The molecule has 2 rings (SSSR count). The lowest BCUT2D eigenvalue weighted by Crippen LogP contribution is -2.33. The highest BCUT2D eigenvalue weighted by molar-refractivity contribution is 9.10. The molecule has 1 aliphatic heterocycles. The average molecular weight is 363 g/mol. The van der Waals surface area contributed by atoms with Crippen LogP contribution in [0.1, 0.15) is 25.7 Å². The molecule has 1 N–H and O–H groups in total. The van der Waals surface area contributed by atoms with Crippen molar-refractivity contribution >= 4 is 27.5 Å². The van der Waals surface area contributed by atoms with Crippen molar-refractivity contribution in [2.24, 2.45) is 0 Å². The van der Waals surface area contributed by atoms with Gasteiger partial charge in [-0.1, -0.05) is 11.6 Å². The average Bonchev–Trinajstić information content (AvgIpc) is 2.86. The zero-order chi connectivity index (χ0) is 14.4. The maximum atomic E-state index is 8.93. The fourth-order valence-electron chi connectivity index (χ4n) is 2.71. The van der Waals surface area contributed by atoms with E-state index in [-0.39, 0.29) is 0 Å². The van der Waals surface area contributed by atoms with Crippen LogP contribution in [-0.4, -0.2) is 42.4 Å². The third-order valence-corrected chi connectivity index (χ3v) is 4.58. The number of hydrogen-bond donors (Lipinski definition) is 1. The molecule has 1 saturated heterocycles. The molecule has 112 valence electrons. The van der Waals surface area contributed by atoms with Crippen molar-refractivity contribution < 1.29 is 9.84 Å². The predicted octanol–water partition coefficient (Wildman–Crippen LogP) is 3.72. The van der Waals surface area contributed by atoms with Crippen LogP contribution in [0, 0.1) is 0 Å². The number of halogens is 2. The molecule has 1 heterocycles. The van der Waals surface area contributed by atoms with Crippen molar-refractivity contribution in [2.45, 2.75) is 31.7 Å². The summed E-state index contributed by atoms with van der Waals surface area (Å²) >= 11 is 9.36. The van der Waals surface area contributed by atoms with Crippen LogP contribution in [0.25, 0.3) is 0 Å². The van der Waals surface area contributed by atoms with E-state index >= 15 is 0 Å². The Bertz CT molecular complexity index is 430. The number of rotatable bonds is 7. The highest BCUT2D eigenvalue weighted by Gasteiger charge is 2.23. The third kappa shape index (κ3) is 4.62. The lowest BCUT2D eigenvalue weighted by molar-refractivity contribution is 0.180. The van der Waals surface area contributed by atoms with E-state index in [1.54, 1.807) is 0 Å². The molecule has 1 aliphatic rings. The fourth-order valence-corrected chi connectivity index (χ4v) is 3.51. The van der Waals surface area contributed by atoms with Crippen LogP contribution >= 0.6 is 27.5 Å². The predicted molar refractivity (Wildman–Crippen MR) is 85.6 cm³/mol. The van der Waals surface area contributed by atoms with Crippen LogP contribution in [0.4, 0.5) is 0 Å². The van der Waals surface area contributed by atoms with Crippen LogP contribution < -0.4 is 4.74 Å². The summed E-state index contributed by atoms with van der Waals surface area (Å²) in [5, 5.41) is 9.63. The summed E-state index contributed by atoms with van der Waals surface area (Å²) in [6, 6.07) is 6.18. The van der Waals surface area contributed by atoms with Crippen LogP contribution in [0.3, 0.4) is 0 Å². The van der Waals surface area contributed by atoms with E-state index in [4.69, 9.17) is 21.4 Å². The molecule has 1 unspecified atom stereocenters. The van der Waals surface area contributed by atoms with Gasteiger partial charge in [0.2, 0.25) is 0 Å². The summed E-state index contributed by atoms with van der Waals surface area (Å²) in [6.07, 6.45) is 4.47. The van der Waals surface area contributed by atoms with Crippen molar-refractivity contribution in [3.05, 3.63) is 27.7 Å². The van der Waals surface area contributed by atoms with Gasteiger partial charge in [-0.25, -0.2) is 0 Å². The van der Waals surface area contributed by atoms with Crippen LogP contribution in [0.15, 0.2) is 22.7 Å². The minimum atomic E-state index is 0.290. The molecule has 0 spiro atoms. The Morgan fingerprint density at radius 1 is 1.45 bits per heavy atom. The molecule has 3 nitrogen and oxygen atoms in total. The van der Waals surface area contributed by atoms with E-state index in [9.17, 15) is 0 Å². The standard InChI is InChI=1S/C15H21BrClNO2/c16-14-11-12(17)5-6-15(14)20-10-8-18-7-1-3-13(18)4-2-9-19/h5-6,11,13,19H,1-4,7-10H2. The van der Waals surface area contributed by atoms with Gasteiger partial charge in [-0.05, 0) is 66.4 Å². The van der Waals surface area contributed by atoms with Crippen LogP contribution in [0.5, 0.6) is 5.75 Å². The first-order valence-electron chi connectivity index (χ1n) is 7.13. The van der Waals surface area contributed by atoms with Crippen molar-refractivity contribution in [3.8, 4) is 5.75 Å². The SMILES string of the molecule is OCCCC1CCCN1CCOc1ccc(Cl)cc1Br. The van der Waals surface area contributed by atoms with Crippen molar-refractivity contribution in [3.63, 3.8) is 0 Å². The molecule has 1 aromatic rings. The van der Waals surface area contributed by atoms with E-state index in [0.717, 1.165) is 36.2 Å². The van der Waals surface area contributed by atoms with Gasteiger partial charge in [0.05, 0.1) is 4.47 Å². The second kappa shape index (κ2) is 8.23. The molecule has 1 atom stereocenters. The van der Waals surface area contributed by atoms with Gasteiger partial charge in [-0.15, -0.1) is 0 Å². The van der Waals surface area contributed by atoms with Crippen molar-refractivity contribution in [1.82, 2.24) is 4.90 Å². The summed E-state index contributed by atoms with van der Waals surface area (Å²) in [5.41, 5.74) is 0. The van der Waals surface area contributed by atoms with Gasteiger partial charge < -0.3 is 9.84 Å². The van der Waals surface area contributed by atoms with Gasteiger partial charge in [0.1, 0.15) is 12.4 Å². The second-order valence-corrected chi connectivity index (χ2v) is 6.41. The molecule has 1 aromatic carbocycles. The summed E-state index contributed by atoms with van der Waals surface area (Å²) in [5.74, 6) is 0.834. The van der Waals surface area contributed by atoms with Gasteiger partial charge in [0, 0.05) is 24.2 Å². The maximum absolute atomic E-state index is 8.93.